The van der Waals surface area contributed by atoms with Crippen LogP contribution in [0.3, 0.4) is 0 Å². The van der Waals surface area contributed by atoms with Crippen LogP contribution < -0.4 is 4.74 Å². The maximum Gasteiger partial charge on any atom is 0.134 e. The number of hydrogen-bond acceptors (Lipinski definition) is 1. The summed E-state index contributed by atoms with van der Waals surface area (Å²) in [5, 5.41) is 4.89. The number of rotatable bonds is 4. The summed E-state index contributed by atoms with van der Waals surface area (Å²) < 4.78 is 6.19. The molecular formula is C19H20O. The summed E-state index contributed by atoms with van der Waals surface area (Å²) in [5.41, 5.74) is 0. The summed E-state index contributed by atoms with van der Waals surface area (Å²) in [6.45, 7) is 5.21. The quantitative estimate of drug-likeness (QED) is 0.572. The predicted molar refractivity (Wildman–Crippen MR) is 86.4 cm³/mol. The zero-order chi connectivity index (χ0) is 13.9. The zero-order valence-electron chi connectivity index (χ0n) is 12.1. The van der Waals surface area contributed by atoms with Crippen molar-refractivity contribution in [2.24, 2.45) is 5.92 Å². The van der Waals surface area contributed by atoms with E-state index in [4.69, 9.17) is 4.74 Å². The molecular weight excluding hydrogens is 244 g/mol. The van der Waals surface area contributed by atoms with E-state index in [0.717, 1.165) is 18.8 Å². The van der Waals surface area contributed by atoms with Gasteiger partial charge in [-0.2, -0.15) is 0 Å². The fourth-order valence-electron chi connectivity index (χ4n) is 2.47. The Bertz CT molecular complexity index is 676. The summed E-state index contributed by atoms with van der Waals surface area (Å²) in [7, 11) is 0. The number of benzene rings is 3. The van der Waals surface area contributed by atoms with Gasteiger partial charge in [-0.15, -0.1) is 0 Å². The Morgan fingerprint density at radius 2 is 1.45 bits per heavy atom. The highest BCUT2D eigenvalue weighted by Gasteiger charge is 2.09. The summed E-state index contributed by atoms with van der Waals surface area (Å²) in [6, 6.07) is 19.1. The SMILES string of the molecule is CCC(C)COc1c2ccccc2cc2ccccc12. The second kappa shape index (κ2) is 5.54. The van der Waals surface area contributed by atoms with Gasteiger partial charge in [-0.3, -0.25) is 0 Å². The monoisotopic (exact) mass is 264 g/mol. The molecule has 3 rings (SSSR count). The Labute approximate surface area is 120 Å². The van der Waals surface area contributed by atoms with Crippen molar-refractivity contribution in [3.63, 3.8) is 0 Å². The second-order valence-corrected chi connectivity index (χ2v) is 5.47. The molecule has 1 atom stereocenters. The van der Waals surface area contributed by atoms with E-state index in [1.54, 1.807) is 0 Å². The van der Waals surface area contributed by atoms with E-state index >= 15 is 0 Å². The smallest absolute Gasteiger partial charge is 0.134 e. The van der Waals surface area contributed by atoms with E-state index in [1.165, 1.54) is 21.5 Å². The molecule has 0 aromatic heterocycles. The van der Waals surface area contributed by atoms with E-state index in [2.05, 4.69) is 68.4 Å². The largest absolute Gasteiger partial charge is 0.492 e. The third kappa shape index (κ3) is 2.36. The average molecular weight is 264 g/mol. The van der Waals surface area contributed by atoms with Crippen molar-refractivity contribution in [2.45, 2.75) is 20.3 Å². The van der Waals surface area contributed by atoms with Gasteiger partial charge >= 0.3 is 0 Å². The Morgan fingerprint density at radius 3 is 2.00 bits per heavy atom. The molecule has 0 aliphatic heterocycles. The van der Waals surface area contributed by atoms with E-state index < -0.39 is 0 Å². The molecule has 0 aliphatic rings. The normalized spacial score (nSPS) is 12.7. The number of ether oxygens (including phenoxy) is 1. The van der Waals surface area contributed by atoms with Gasteiger partial charge in [-0.1, -0.05) is 68.8 Å². The lowest BCUT2D eigenvalue weighted by molar-refractivity contribution is 0.262. The molecule has 0 spiro atoms. The average Bonchev–Trinajstić information content (AvgIpc) is 2.51. The molecule has 0 saturated heterocycles. The van der Waals surface area contributed by atoms with Crippen LogP contribution in [0.25, 0.3) is 21.5 Å². The molecule has 1 unspecified atom stereocenters. The maximum atomic E-state index is 6.19. The summed E-state index contributed by atoms with van der Waals surface area (Å²) in [6.07, 6.45) is 1.14. The summed E-state index contributed by atoms with van der Waals surface area (Å²) in [5.74, 6) is 1.60. The van der Waals surface area contributed by atoms with Crippen molar-refractivity contribution in [1.29, 1.82) is 0 Å². The van der Waals surface area contributed by atoms with Crippen LogP contribution in [0, 0.1) is 5.92 Å². The topological polar surface area (TPSA) is 9.23 Å². The molecule has 3 aromatic rings. The standard InChI is InChI=1S/C19H20O/c1-3-14(2)13-20-19-17-10-6-4-8-15(17)12-16-9-5-7-11-18(16)19/h4-12,14H,3,13H2,1-2H3. The Morgan fingerprint density at radius 1 is 0.900 bits per heavy atom. The summed E-state index contributed by atoms with van der Waals surface area (Å²) >= 11 is 0. The first-order valence-corrected chi connectivity index (χ1v) is 7.33. The van der Waals surface area contributed by atoms with Gasteiger partial charge in [0.1, 0.15) is 5.75 Å². The van der Waals surface area contributed by atoms with Crippen molar-refractivity contribution in [1.82, 2.24) is 0 Å². The minimum Gasteiger partial charge on any atom is -0.492 e. The Kier molecular flexibility index (Phi) is 3.60. The minimum atomic E-state index is 0.577. The first kappa shape index (κ1) is 13.0. The molecule has 0 radical (unpaired) electrons. The van der Waals surface area contributed by atoms with Crippen LogP contribution in [-0.2, 0) is 0 Å². The molecule has 0 amide bonds. The van der Waals surface area contributed by atoms with Crippen molar-refractivity contribution < 1.29 is 4.74 Å². The van der Waals surface area contributed by atoms with Gasteiger partial charge in [0.25, 0.3) is 0 Å². The molecule has 0 heterocycles. The van der Waals surface area contributed by atoms with Crippen LogP contribution in [0.4, 0.5) is 0 Å². The molecule has 0 fully saturated rings. The van der Waals surface area contributed by atoms with Gasteiger partial charge < -0.3 is 4.74 Å². The molecule has 0 aliphatic carbocycles. The molecule has 0 bridgehead atoms. The number of fused-ring (bicyclic) bond motifs is 2. The van der Waals surface area contributed by atoms with Gasteiger partial charge in [0.2, 0.25) is 0 Å². The van der Waals surface area contributed by atoms with E-state index in [1.807, 2.05) is 0 Å². The number of hydrogen-bond donors (Lipinski definition) is 0. The second-order valence-electron chi connectivity index (χ2n) is 5.47. The van der Waals surface area contributed by atoms with Crippen LogP contribution in [-0.4, -0.2) is 6.61 Å². The molecule has 1 nitrogen and oxygen atoms in total. The highest BCUT2D eigenvalue weighted by Crippen LogP contribution is 2.35. The van der Waals surface area contributed by atoms with Crippen molar-refractivity contribution in [2.75, 3.05) is 6.61 Å². The fraction of sp³-hybridized carbons (Fsp3) is 0.263. The van der Waals surface area contributed by atoms with Crippen molar-refractivity contribution in [3.05, 3.63) is 54.6 Å². The molecule has 1 heteroatoms. The van der Waals surface area contributed by atoms with Gasteiger partial charge in [-0.05, 0) is 22.8 Å². The van der Waals surface area contributed by atoms with E-state index in [0.29, 0.717) is 5.92 Å². The van der Waals surface area contributed by atoms with Gasteiger partial charge in [0, 0.05) is 10.8 Å². The van der Waals surface area contributed by atoms with E-state index in [9.17, 15) is 0 Å². The van der Waals surface area contributed by atoms with Crippen LogP contribution in [0.1, 0.15) is 20.3 Å². The molecule has 20 heavy (non-hydrogen) atoms. The van der Waals surface area contributed by atoms with Crippen LogP contribution >= 0.6 is 0 Å². The summed E-state index contributed by atoms with van der Waals surface area (Å²) in [4.78, 5) is 0. The first-order valence-electron chi connectivity index (χ1n) is 7.33. The van der Waals surface area contributed by atoms with E-state index in [-0.39, 0.29) is 0 Å². The third-order valence-electron chi connectivity index (χ3n) is 3.93. The zero-order valence-corrected chi connectivity index (χ0v) is 12.1. The fourth-order valence-corrected chi connectivity index (χ4v) is 2.47. The first-order chi connectivity index (χ1) is 9.79. The van der Waals surface area contributed by atoms with Gasteiger partial charge in [0.05, 0.1) is 6.61 Å². The van der Waals surface area contributed by atoms with Crippen LogP contribution in [0.15, 0.2) is 54.6 Å². The predicted octanol–water partition coefficient (Wildman–Crippen LogP) is 5.42. The van der Waals surface area contributed by atoms with Crippen molar-refractivity contribution >= 4 is 21.5 Å². The van der Waals surface area contributed by atoms with Gasteiger partial charge in [0.15, 0.2) is 0 Å². The highest BCUT2D eigenvalue weighted by molar-refractivity contribution is 6.05. The minimum absolute atomic E-state index is 0.577. The van der Waals surface area contributed by atoms with Crippen LogP contribution in [0.5, 0.6) is 5.75 Å². The Balaban J connectivity index is 2.17. The molecule has 0 N–H and O–H groups in total. The van der Waals surface area contributed by atoms with Crippen LogP contribution in [0.2, 0.25) is 0 Å². The molecule has 102 valence electrons. The maximum absolute atomic E-state index is 6.19. The lowest BCUT2D eigenvalue weighted by atomic mass is 10.0. The Hall–Kier alpha value is -2.02. The van der Waals surface area contributed by atoms with Gasteiger partial charge in [-0.25, -0.2) is 0 Å². The van der Waals surface area contributed by atoms with Crippen molar-refractivity contribution in [3.8, 4) is 5.75 Å². The third-order valence-corrected chi connectivity index (χ3v) is 3.93. The lowest BCUT2D eigenvalue weighted by Crippen LogP contribution is -2.07. The lowest BCUT2D eigenvalue weighted by Gasteiger charge is -2.15. The molecule has 0 saturated carbocycles. The highest BCUT2D eigenvalue weighted by atomic mass is 16.5. The molecule has 3 aromatic carbocycles.